The molecule has 0 saturated heterocycles. The van der Waals surface area contributed by atoms with E-state index in [1.54, 1.807) is 0 Å². The van der Waals surface area contributed by atoms with Crippen LogP contribution in [0.3, 0.4) is 0 Å². The molecule has 0 aromatic heterocycles. The maximum absolute atomic E-state index is 12.4. The summed E-state index contributed by atoms with van der Waals surface area (Å²) >= 11 is 0. The van der Waals surface area contributed by atoms with Gasteiger partial charge in [-0.05, 0) is 37.7 Å². The summed E-state index contributed by atoms with van der Waals surface area (Å²) in [6.45, 7) is 2.17. The summed E-state index contributed by atoms with van der Waals surface area (Å²) in [6.07, 6.45) is 4.29. The second-order valence-corrected chi connectivity index (χ2v) is 5.53. The molecular formula is C16H23NO2. The second kappa shape index (κ2) is 6.20. The van der Waals surface area contributed by atoms with Gasteiger partial charge in [-0.2, -0.15) is 0 Å². The Morgan fingerprint density at radius 2 is 2.05 bits per heavy atom. The number of amides is 1. The van der Waals surface area contributed by atoms with Gasteiger partial charge in [-0.1, -0.05) is 37.3 Å². The molecule has 1 atom stereocenters. The van der Waals surface area contributed by atoms with Gasteiger partial charge in [0.1, 0.15) is 0 Å². The van der Waals surface area contributed by atoms with Crippen LogP contribution in [0.2, 0.25) is 0 Å². The summed E-state index contributed by atoms with van der Waals surface area (Å²) in [6, 6.07) is 10.3. The number of nitrogens with one attached hydrogen (secondary N) is 1. The Balaban J connectivity index is 1.94. The van der Waals surface area contributed by atoms with Gasteiger partial charge >= 0.3 is 0 Å². The number of hydrogen-bond donors (Lipinski definition) is 2. The van der Waals surface area contributed by atoms with E-state index in [1.165, 1.54) is 5.56 Å². The molecule has 0 bridgehead atoms. The van der Waals surface area contributed by atoms with Crippen LogP contribution in [-0.4, -0.2) is 23.7 Å². The second-order valence-electron chi connectivity index (χ2n) is 5.53. The van der Waals surface area contributed by atoms with Gasteiger partial charge in [0.15, 0.2) is 0 Å². The molecule has 1 aromatic carbocycles. The van der Waals surface area contributed by atoms with Crippen molar-refractivity contribution in [2.45, 2.75) is 45.1 Å². The van der Waals surface area contributed by atoms with Crippen LogP contribution in [-0.2, 0) is 11.2 Å². The summed E-state index contributed by atoms with van der Waals surface area (Å²) in [7, 11) is 0. The van der Waals surface area contributed by atoms with E-state index in [2.05, 4.69) is 17.4 Å². The van der Waals surface area contributed by atoms with Crippen LogP contribution in [0.5, 0.6) is 0 Å². The average molecular weight is 261 g/mol. The molecule has 2 rings (SSSR count). The summed E-state index contributed by atoms with van der Waals surface area (Å²) in [4.78, 5) is 12.4. The first-order valence-corrected chi connectivity index (χ1v) is 7.16. The molecule has 0 spiro atoms. The Bertz CT molecular complexity index is 412. The normalized spacial score (nSPS) is 17.8. The third kappa shape index (κ3) is 3.57. The quantitative estimate of drug-likeness (QED) is 0.791. The fourth-order valence-electron chi connectivity index (χ4n) is 2.49. The van der Waals surface area contributed by atoms with Crippen LogP contribution in [0.15, 0.2) is 30.3 Å². The lowest BCUT2D eigenvalue weighted by Gasteiger charge is -2.21. The van der Waals surface area contributed by atoms with Crippen molar-refractivity contribution in [1.29, 1.82) is 0 Å². The first-order chi connectivity index (χ1) is 9.20. The zero-order valence-electron chi connectivity index (χ0n) is 11.6. The third-order valence-corrected chi connectivity index (χ3v) is 4.03. The highest BCUT2D eigenvalue weighted by Gasteiger charge is 2.49. The molecule has 1 aliphatic rings. The standard InChI is InChI=1S/C16H23NO2/c1-2-14(8-11-18)17-15(19)16(9-10-16)12-13-6-4-3-5-7-13/h3-7,14,18H,2,8-12H2,1H3,(H,17,19). The van der Waals surface area contributed by atoms with Gasteiger partial charge in [0.25, 0.3) is 0 Å². The molecule has 0 aliphatic heterocycles. The van der Waals surface area contributed by atoms with E-state index in [1.807, 2.05) is 25.1 Å². The molecule has 1 saturated carbocycles. The molecule has 1 unspecified atom stereocenters. The molecular weight excluding hydrogens is 238 g/mol. The van der Waals surface area contributed by atoms with Crippen molar-refractivity contribution in [3.8, 4) is 0 Å². The molecule has 19 heavy (non-hydrogen) atoms. The van der Waals surface area contributed by atoms with Crippen LogP contribution in [0.4, 0.5) is 0 Å². The lowest BCUT2D eigenvalue weighted by molar-refractivity contribution is -0.127. The monoisotopic (exact) mass is 261 g/mol. The zero-order chi connectivity index (χ0) is 13.7. The maximum atomic E-state index is 12.4. The number of benzene rings is 1. The Morgan fingerprint density at radius 1 is 1.37 bits per heavy atom. The van der Waals surface area contributed by atoms with E-state index in [0.29, 0.717) is 6.42 Å². The van der Waals surface area contributed by atoms with Gasteiger partial charge in [0.05, 0.1) is 5.41 Å². The van der Waals surface area contributed by atoms with Crippen molar-refractivity contribution >= 4 is 5.91 Å². The number of aliphatic hydroxyl groups excluding tert-OH is 1. The summed E-state index contributed by atoms with van der Waals surface area (Å²) in [5.74, 6) is 0.164. The fraction of sp³-hybridized carbons (Fsp3) is 0.562. The number of aliphatic hydroxyl groups is 1. The Morgan fingerprint density at radius 3 is 2.58 bits per heavy atom. The van der Waals surface area contributed by atoms with Gasteiger partial charge in [0, 0.05) is 12.6 Å². The van der Waals surface area contributed by atoms with Gasteiger partial charge in [0.2, 0.25) is 5.91 Å². The average Bonchev–Trinajstić information content (AvgIpc) is 3.20. The van der Waals surface area contributed by atoms with Crippen molar-refractivity contribution in [2.24, 2.45) is 5.41 Å². The van der Waals surface area contributed by atoms with Gasteiger partial charge in [-0.15, -0.1) is 0 Å². The molecule has 2 N–H and O–H groups in total. The minimum atomic E-state index is -0.190. The minimum Gasteiger partial charge on any atom is -0.396 e. The lowest BCUT2D eigenvalue weighted by Crippen LogP contribution is -2.40. The Labute approximate surface area is 115 Å². The molecule has 0 radical (unpaired) electrons. The molecule has 1 aliphatic carbocycles. The van der Waals surface area contributed by atoms with Crippen molar-refractivity contribution in [2.75, 3.05) is 6.61 Å². The van der Waals surface area contributed by atoms with Crippen molar-refractivity contribution in [3.63, 3.8) is 0 Å². The third-order valence-electron chi connectivity index (χ3n) is 4.03. The van der Waals surface area contributed by atoms with Crippen LogP contribution >= 0.6 is 0 Å². The SMILES string of the molecule is CCC(CCO)NC(=O)C1(Cc2ccccc2)CC1. The predicted molar refractivity (Wildman–Crippen MR) is 75.7 cm³/mol. The van der Waals surface area contributed by atoms with Crippen molar-refractivity contribution in [1.82, 2.24) is 5.32 Å². The lowest BCUT2D eigenvalue weighted by atomic mass is 9.95. The van der Waals surface area contributed by atoms with Gasteiger partial charge in [-0.25, -0.2) is 0 Å². The maximum Gasteiger partial charge on any atom is 0.226 e. The zero-order valence-corrected chi connectivity index (χ0v) is 11.6. The first-order valence-electron chi connectivity index (χ1n) is 7.16. The summed E-state index contributed by atoms with van der Waals surface area (Å²) in [5.41, 5.74) is 1.04. The van der Waals surface area contributed by atoms with E-state index in [4.69, 9.17) is 5.11 Å². The number of carbonyl (C=O) groups is 1. The van der Waals surface area contributed by atoms with Crippen LogP contribution in [0, 0.1) is 5.41 Å². The van der Waals surface area contributed by atoms with Crippen LogP contribution in [0.1, 0.15) is 38.2 Å². The highest BCUT2D eigenvalue weighted by Crippen LogP contribution is 2.48. The fourth-order valence-corrected chi connectivity index (χ4v) is 2.49. The van der Waals surface area contributed by atoms with Crippen molar-refractivity contribution < 1.29 is 9.90 Å². The Kier molecular flexibility index (Phi) is 4.59. The molecule has 1 amide bonds. The minimum absolute atomic E-state index is 0.103. The molecule has 3 nitrogen and oxygen atoms in total. The molecule has 104 valence electrons. The topological polar surface area (TPSA) is 49.3 Å². The molecule has 1 aromatic rings. The molecule has 0 heterocycles. The summed E-state index contributed by atoms with van der Waals surface area (Å²) < 4.78 is 0. The van der Waals surface area contributed by atoms with E-state index in [-0.39, 0.29) is 24.0 Å². The van der Waals surface area contributed by atoms with E-state index in [9.17, 15) is 4.79 Å². The predicted octanol–water partition coefficient (Wildman–Crippen LogP) is 2.29. The van der Waals surface area contributed by atoms with Crippen LogP contribution < -0.4 is 5.32 Å². The number of rotatable bonds is 7. The van der Waals surface area contributed by atoms with E-state index < -0.39 is 0 Å². The van der Waals surface area contributed by atoms with Crippen molar-refractivity contribution in [3.05, 3.63) is 35.9 Å². The highest BCUT2D eigenvalue weighted by molar-refractivity contribution is 5.85. The van der Waals surface area contributed by atoms with E-state index >= 15 is 0 Å². The number of carbonyl (C=O) groups excluding carboxylic acids is 1. The largest absolute Gasteiger partial charge is 0.396 e. The van der Waals surface area contributed by atoms with Gasteiger partial charge < -0.3 is 10.4 Å². The number of hydrogen-bond acceptors (Lipinski definition) is 2. The summed E-state index contributed by atoms with van der Waals surface area (Å²) in [5, 5.41) is 12.1. The highest BCUT2D eigenvalue weighted by atomic mass is 16.3. The Hall–Kier alpha value is -1.35. The smallest absolute Gasteiger partial charge is 0.226 e. The molecule has 3 heteroatoms. The first kappa shape index (κ1) is 14.1. The van der Waals surface area contributed by atoms with E-state index in [0.717, 1.165) is 25.7 Å². The van der Waals surface area contributed by atoms with Gasteiger partial charge in [-0.3, -0.25) is 4.79 Å². The molecule has 1 fully saturated rings. The van der Waals surface area contributed by atoms with Crippen LogP contribution in [0.25, 0.3) is 0 Å².